The predicted molar refractivity (Wildman–Crippen MR) is 123 cm³/mol. The first-order chi connectivity index (χ1) is 18.4. The lowest BCUT2D eigenvalue weighted by Crippen LogP contribution is -2.43. The molecule has 3 saturated heterocycles. The fourth-order valence-electron chi connectivity index (χ4n) is 4.46. The number of aromatic nitrogens is 1. The molecule has 3 aliphatic rings. The van der Waals surface area contributed by atoms with Crippen LogP contribution in [0.25, 0.3) is 0 Å². The van der Waals surface area contributed by atoms with E-state index in [1.807, 2.05) is 0 Å². The molecular formula is C22H29F6N3O8S. The molecule has 0 saturated carbocycles. The number of carbonyl (C=O) groups is 2. The van der Waals surface area contributed by atoms with Crippen LogP contribution >= 0.6 is 0 Å². The standard InChI is InChI=1S/C18H27N3O4S.2C2HF3O2/c22-15-4-8-20(12-15)13-16-11-18(14-25-16)5-9-21(10-6-18)26(23,24)17-3-1-2-7-19-17;2*3-2(4,5)1(6)7/h1-3,7,15-16,22H,4-6,8-14H2;2*(H,6,7). The summed E-state index contributed by atoms with van der Waals surface area (Å²) in [5.74, 6) is -5.51. The van der Waals surface area contributed by atoms with Gasteiger partial charge in [-0.3, -0.25) is 4.90 Å². The highest BCUT2D eigenvalue weighted by Gasteiger charge is 2.45. The Labute approximate surface area is 225 Å². The van der Waals surface area contributed by atoms with Gasteiger partial charge in [-0.05, 0) is 43.2 Å². The number of ether oxygens (including phenoxy) is 1. The van der Waals surface area contributed by atoms with Gasteiger partial charge in [0, 0.05) is 38.9 Å². The molecular weight excluding hydrogens is 580 g/mol. The first kappa shape index (κ1) is 33.7. The Hall–Kier alpha value is -2.54. The minimum Gasteiger partial charge on any atom is -0.475 e. The normalized spacial score (nSPS) is 23.6. The highest BCUT2D eigenvalue weighted by atomic mass is 32.2. The fraction of sp³-hybridized carbons (Fsp3) is 0.682. The van der Waals surface area contributed by atoms with Gasteiger partial charge in [0.1, 0.15) is 0 Å². The van der Waals surface area contributed by atoms with Crippen molar-refractivity contribution in [1.29, 1.82) is 0 Å². The minimum absolute atomic E-state index is 0.0964. The number of piperidine rings is 1. The number of hydrogen-bond acceptors (Lipinski definition) is 8. The molecule has 1 aromatic heterocycles. The predicted octanol–water partition coefficient (Wildman–Crippen LogP) is 1.97. The number of aliphatic carboxylic acids is 2. The summed E-state index contributed by atoms with van der Waals surface area (Å²) in [6.45, 7) is 4.31. The molecule has 4 heterocycles. The summed E-state index contributed by atoms with van der Waals surface area (Å²) in [6.07, 6.45) is -5.17. The van der Waals surface area contributed by atoms with Crippen LogP contribution in [-0.2, 0) is 24.3 Å². The zero-order valence-electron chi connectivity index (χ0n) is 20.9. The van der Waals surface area contributed by atoms with Crippen molar-refractivity contribution in [3.8, 4) is 0 Å². The van der Waals surface area contributed by atoms with Crippen LogP contribution in [0.3, 0.4) is 0 Å². The highest BCUT2D eigenvalue weighted by molar-refractivity contribution is 7.89. The van der Waals surface area contributed by atoms with Gasteiger partial charge in [0.2, 0.25) is 0 Å². The summed E-state index contributed by atoms with van der Waals surface area (Å²) >= 11 is 0. The SMILES string of the molecule is O=C(O)C(F)(F)F.O=C(O)C(F)(F)F.O=S(=O)(c1ccccn1)N1CCC2(CC1)COC(CN1CCC(O)C1)C2. The molecule has 0 bridgehead atoms. The van der Waals surface area contributed by atoms with Crippen LogP contribution in [0.4, 0.5) is 26.3 Å². The van der Waals surface area contributed by atoms with E-state index in [9.17, 15) is 39.9 Å². The van der Waals surface area contributed by atoms with Gasteiger partial charge >= 0.3 is 24.3 Å². The van der Waals surface area contributed by atoms with E-state index in [1.54, 1.807) is 22.5 Å². The van der Waals surface area contributed by atoms with E-state index in [1.165, 1.54) is 6.20 Å². The number of alkyl halides is 6. The van der Waals surface area contributed by atoms with Crippen LogP contribution in [0.5, 0.6) is 0 Å². The van der Waals surface area contributed by atoms with Gasteiger partial charge in [-0.25, -0.2) is 23.0 Å². The summed E-state index contributed by atoms with van der Waals surface area (Å²) < 4.78 is 96.5. The van der Waals surface area contributed by atoms with Gasteiger partial charge in [0.05, 0.1) is 18.8 Å². The number of likely N-dealkylation sites (tertiary alicyclic amines) is 1. The van der Waals surface area contributed by atoms with Gasteiger partial charge in [-0.1, -0.05) is 6.07 Å². The van der Waals surface area contributed by atoms with E-state index in [0.717, 1.165) is 45.3 Å². The number of hydrogen-bond donors (Lipinski definition) is 3. The molecule has 0 amide bonds. The summed E-state index contributed by atoms with van der Waals surface area (Å²) in [7, 11) is -3.50. The largest absolute Gasteiger partial charge is 0.490 e. The number of aliphatic hydroxyl groups excluding tert-OH is 1. The van der Waals surface area contributed by atoms with Crippen LogP contribution in [0.15, 0.2) is 29.4 Å². The van der Waals surface area contributed by atoms with E-state index < -0.39 is 34.3 Å². The topological polar surface area (TPSA) is 158 Å². The molecule has 0 radical (unpaired) electrons. The molecule has 3 aliphatic heterocycles. The highest BCUT2D eigenvalue weighted by Crippen LogP contribution is 2.43. The van der Waals surface area contributed by atoms with Gasteiger partial charge in [0.25, 0.3) is 10.0 Å². The smallest absolute Gasteiger partial charge is 0.475 e. The van der Waals surface area contributed by atoms with E-state index >= 15 is 0 Å². The Kier molecular flexibility index (Phi) is 11.3. The number of halogens is 6. The number of rotatable bonds is 4. The maximum atomic E-state index is 12.7. The molecule has 0 aliphatic carbocycles. The Bertz CT molecular complexity index is 1070. The van der Waals surface area contributed by atoms with Gasteiger partial charge in [-0.15, -0.1) is 0 Å². The summed E-state index contributed by atoms with van der Waals surface area (Å²) in [4.78, 5) is 24.1. The fourth-order valence-corrected chi connectivity index (χ4v) is 5.83. The number of carboxylic acid groups (broad SMARTS) is 2. The Morgan fingerprint density at radius 3 is 2.00 bits per heavy atom. The number of aliphatic hydroxyl groups is 1. The number of pyridine rings is 1. The van der Waals surface area contributed by atoms with Crippen molar-refractivity contribution in [2.24, 2.45) is 5.41 Å². The van der Waals surface area contributed by atoms with E-state index in [0.29, 0.717) is 19.7 Å². The van der Waals surface area contributed by atoms with Crippen LogP contribution in [0.1, 0.15) is 25.7 Å². The number of nitrogens with zero attached hydrogens (tertiary/aromatic N) is 3. The number of β-amino-alcohol motifs (C(OH)–C–C–N with tert-alkyl or cyclic N) is 1. The quantitative estimate of drug-likeness (QED) is 0.431. The molecule has 40 heavy (non-hydrogen) atoms. The number of sulfonamides is 1. The lowest BCUT2D eigenvalue weighted by atomic mass is 9.77. The van der Waals surface area contributed by atoms with Crippen molar-refractivity contribution in [2.75, 3.05) is 39.3 Å². The van der Waals surface area contributed by atoms with Crippen molar-refractivity contribution in [2.45, 2.75) is 55.3 Å². The van der Waals surface area contributed by atoms with Gasteiger partial charge in [-0.2, -0.15) is 30.6 Å². The third-order valence-corrected chi connectivity index (χ3v) is 8.32. The maximum Gasteiger partial charge on any atom is 0.490 e. The van der Waals surface area contributed by atoms with Gasteiger partial charge < -0.3 is 20.1 Å². The second-order valence-electron chi connectivity index (χ2n) is 9.52. The third-order valence-electron chi connectivity index (χ3n) is 6.51. The van der Waals surface area contributed by atoms with Crippen molar-refractivity contribution < 1.29 is 64.4 Å². The van der Waals surface area contributed by atoms with E-state index in [-0.39, 0.29) is 22.6 Å². The molecule has 1 aromatic rings. The van der Waals surface area contributed by atoms with Crippen molar-refractivity contribution in [1.82, 2.24) is 14.2 Å². The average molecular weight is 610 g/mol. The molecule has 4 rings (SSSR count). The zero-order valence-corrected chi connectivity index (χ0v) is 21.8. The molecule has 3 fully saturated rings. The minimum atomic E-state index is -5.08. The third kappa shape index (κ3) is 9.83. The molecule has 0 aromatic carbocycles. The lowest BCUT2D eigenvalue weighted by molar-refractivity contribution is -0.193. The van der Waals surface area contributed by atoms with Gasteiger partial charge in [0.15, 0.2) is 5.03 Å². The molecule has 2 atom stereocenters. The molecule has 18 heteroatoms. The van der Waals surface area contributed by atoms with E-state index in [4.69, 9.17) is 24.5 Å². The summed E-state index contributed by atoms with van der Waals surface area (Å²) in [5, 5.41) is 24.0. The first-order valence-electron chi connectivity index (χ1n) is 11.9. The number of carboxylic acids is 2. The average Bonchev–Trinajstić information content (AvgIpc) is 3.45. The molecule has 1 spiro atoms. The van der Waals surface area contributed by atoms with Crippen molar-refractivity contribution in [3.63, 3.8) is 0 Å². The summed E-state index contributed by atoms with van der Waals surface area (Å²) in [6, 6.07) is 4.98. The Morgan fingerprint density at radius 2 is 1.57 bits per heavy atom. The Balaban J connectivity index is 0.000000333. The van der Waals surface area contributed by atoms with Crippen molar-refractivity contribution in [3.05, 3.63) is 24.4 Å². The molecule has 2 unspecified atom stereocenters. The second kappa shape index (κ2) is 13.4. The maximum absolute atomic E-state index is 12.7. The van der Waals surface area contributed by atoms with Crippen LogP contribution in [-0.4, -0.2) is 114 Å². The summed E-state index contributed by atoms with van der Waals surface area (Å²) in [5.41, 5.74) is 0.0964. The van der Waals surface area contributed by atoms with E-state index in [2.05, 4.69) is 9.88 Å². The zero-order chi connectivity index (χ0) is 30.4. The molecule has 11 nitrogen and oxygen atoms in total. The van der Waals surface area contributed by atoms with Crippen LogP contribution in [0.2, 0.25) is 0 Å². The van der Waals surface area contributed by atoms with Crippen LogP contribution < -0.4 is 0 Å². The monoisotopic (exact) mass is 609 g/mol. The Morgan fingerprint density at radius 1 is 1.02 bits per heavy atom. The molecule has 3 N–H and O–H groups in total. The first-order valence-corrected chi connectivity index (χ1v) is 13.3. The van der Waals surface area contributed by atoms with Crippen LogP contribution in [0, 0.1) is 5.41 Å². The second-order valence-corrected chi connectivity index (χ2v) is 11.4. The molecule has 228 valence electrons. The van der Waals surface area contributed by atoms with Crippen molar-refractivity contribution >= 4 is 22.0 Å². The lowest BCUT2D eigenvalue weighted by Gasteiger charge is -2.37.